The molecule has 1 heterocycles. The van der Waals surface area contributed by atoms with Crippen LogP contribution < -0.4 is 4.74 Å². The molecule has 3 aromatic rings. The van der Waals surface area contributed by atoms with E-state index in [9.17, 15) is 13.2 Å². The highest BCUT2D eigenvalue weighted by Crippen LogP contribution is 2.45. The topological polar surface area (TPSA) is 63.7 Å². The fraction of sp³-hybridized carbons (Fsp3) is 0.222. The quantitative estimate of drug-likeness (QED) is 0.516. The maximum absolute atomic E-state index is 13.4. The van der Waals surface area contributed by atoms with E-state index in [4.69, 9.17) is 4.74 Å². The normalized spacial score (nSPS) is 19.8. The number of ether oxygens (including phenoxy) is 1. The average molecular weight is 460 g/mol. The van der Waals surface area contributed by atoms with Gasteiger partial charge in [0, 0.05) is 11.5 Å². The van der Waals surface area contributed by atoms with E-state index in [1.54, 1.807) is 24.3 Å². The Morgan fingerprint density at radius 1 is 1.03 bits per heavy atom. The van der Waals surface area contributed by atoms with E-state index in [2.05, 4.69) is 6.58 Å². The number of benzene rings is 3. The van der Waals surface area contributed by atoms with E-state index in [1.165, 1.54) is 0 Å². The Kier molecular flexibility index (Phi) is 5.33. The fourth-order valence-corrected chi connectivity index (χ4v) is 6.34. The number of rotatable bonds is 5. The van der Waals surface area contributed by atoms with Crippen molar-refractivity contribution in [2.45, 2.75) is 43.2 Å². The lowest BCUT2D eigenvalue weighted by Crippen LogP contribution is -2.52. The summed E-state index contributed by atoms with van der Waals surface area (Å²) in [6.45, 7) is 6.36. The van der Waals surface area contributed by atoms with Crippen molar-refractivity contribution in [3.8, 4) is 5.75 Å². The van der Waals surface area contributed by atoms with E-state index in [0.717, 1.165) is 32.3 Å². The Bertz CT molecular complexity index is 1330. The lowest BCUT2D eigenvalue weighted by molar-refractivity contribution is -0.126. The maximum Gasteiger partial charge on any atom is 0.267 e. The molecule has 1 fully saturated rings. The third kappa shape index (κ3) is 3.85. The number of aryl methyl sites for hydroxylation is 1. The molecule has 5 rings (SSSR count). The Morgan fingerprint density at radius 3 is 2.48 bits per heavy atom. The highest BCUT2D eigenvalue weighted by Gasteiger charge is 2.47. The number of nitrogens with zero attached hydrogens (tertiary/aromatic N) is 1. The molecule has 1 amide bonds. The van der Waals surface area contributed by atoms with Crippen molar-refractivity contribution >= 4 is 15.9 Å². The molecule has 1 aliphatic heterocycles. The van der Waals surface area contributed by atoms with Crippen molar-refractivity contribution in [1.29, 1.82) is 0 Å². The Morgan fingerprint density at radius 2 is 1.76 bits per heavy atom. The van der Waals surface area contributed by atoms with Gasteiger partial charge in [-0.2, -0.15) is 0 Å². The standard InChI is InChI=1S/C27H25NO4S/c1-18-8-12-24(13-9-18)33(30,31)28-22-14-21-10-11-23(32-17-20-6-4-3-5-7-20)16-26(21)25(15-22)19(2)27(28)29/h3-13,16,22,25H,2,14-15,17H2,1H3/t22-,25+/m1/s1. The summed E-state index contributed by atoms with van der Waals surface area (Å²) in [5, 5.41) is 0. The molecule has 0 aromatic heterocycles. The zero-order chi connectivity index (χ0) is 23.2. The van der Waals surface area contributed by atoms with Crippen LogP contribution in [0.2, 0.25) is 0 Å². The van der Waals surface area contributed by atoms with Crippen molar-refractivity contribution in [1.82, 2.24) is 4.31 Å². The van der Waals surface area contributed by atoms with Gasteiger partial charge in [-0.25, -0.2) is 12.7 Å². The van der Waals surface area contributed by atoms with Gasteiger partial charge >= 0.3 is 0 Å². The lowest BCUT2D eigenvalue weighted by Gasteiger charge is -2.43. The van der Waals surface area contributed by atoms with Crippen LogP contribution in [0.15, 0.2) is 89.8 Å². The zero-order valence-corrected chi connectivity index (χ0v) is 19.2. The second-order valence-electron chi connectivity index (χ2n) is 8.73. The third-order valence-electron chi connectivity index (χ3n) is 6.51. The fourth-order valence-electron chi connectivity index (χ4n) is 4.74. The predicted molar refractivity (Wildman–Crippen MR) is 126 cm³/mol. The second kappa shape index (κ2) is 8.19. The van der Waals surface area contributed by atoms with Crippen LogP contribution in [0.1, 0.15) is 34.6 Å². The van der Waals surface area contributed by atoms with Gasteiger partial charge in [0.05, 0.1) is 10.9 Å². The zero-order valence-electron chi connectivity index (χ0n) is 18.4. The summed E-state index contributed by atoms with van der Waals surface area (Å²) in [5.41, 5.74) is 4.37. The van der Waals surface area contributed by atoms with Crippen LogP contribution in [0.3, 0.4) is 0 Å². The van der Waals surface area contributed by atoms with Crippen molar-refractivity contribution in [2.75, 3.05) is 0 Å². The predicted octanol–water partition coefficient (Wildman–Crippen LogP) is 4.76. The summed E-state index contributed by atoms with van der Waals surface area (Å²) in [6.07, 6.45) is 1.01. The molecule has 5 nitrogen and oxygen atoms in total. The first-order valence-corrected chi connectivity index (χ1v) is 12.4. The van der Waals surface area contributed by atoms with E-state index >= 15 is 0 Å². The molecule has 2 atom stereocenters. The van der Waals surface area contributed by atoms with Gasteiger partial charge in [-0.05, 0) is 60.7 Å². The Balaban J connectivity index is 1.44. The lowest BCUT2D eigenvalue weighted by atomic mass is 9.74. The van der Waals surface area contributed by atoms with Crippen molar-refractivity contribution in [3.05, 3.63) is 107 Å². The van der Waals surface area contributed by atoms with E-state index < -0.39 is 22.0 Å². The van der Waals surface area contributed by atoms with Crippen LogP contribution in [0.5, 0.6) is 5.75 Å². The van der Waals surface area contributed by atoms with Gasteiger partial charge in [0.15, 0.2) is 0 Å². The van der Waals surface area contributed by atoms with E-state index in [1.807, 2.05) is 55.5 Å². The van der Waals surface area contributed by atoms with Crippen LogP contribution in [0.4, 0.5) is 0 Å². The molecular formula is C27H25NO4S. The molecule has 0 saturated carbocycles. The number of carbonyl (C=O) groups excluding carboxylic acids is 1. The number of piperidine rings is 1. The second-order valence-corrected chi connectivity index (χ2v) is 10.5. The van der Waals surface area contributed by atoms with Gasteiger partial charge in [0.2, 0.25) is 0 Å². The largest absolute Gasteiger partial charge is 0.489 e. The molecule has 2 bridgehead atoms. The molecule has 1 saturated heterocycles. The number of carbonyl (C=O) groups is 1. The molecule has 0 spiro atoms. The van der Waals surface area contributed by atoms with Gasteiger partial charge < -0.3 is 4.74 Å². The SMILES string of the molecule is C=C1C(=O)N(S(=O)(=O)c2ccc(C)cc2)[C@@H]2Cc3ccc(OCc4ccccc4)cc3[C@H]1C2. The van der Waals surface area contributed by atoms with Gasteiger partial charge in [0.25, 0.3) is 15.9 Å². The average Bonchev–Trinajstić information content (AvgIpc) is 2.82. The molecule has 168 valence electrons. The van der Waals surface area contributed by atoms with Gasteiger partial charge in [-0.1, -0.05) is 60.7 Å². The molecule has 0 unspecified atom stereocenters. The van der Waals surface area contributed by atoms with Crippen LogP contribution in [0, 0.1) is 6.92 Å². The number of fused-ring (bicyclic) bond motifs is 4. The number of hydrogen-bond donors (Lipinski definition) is 0. The van der Waals surface area contributed by atoms with E-state index in [0.29, 0.717) is 25.0 Å². The highest BCUT2D eigenvalue weighted by molar-refractivity contribution is 7.89. The molecular weight excluding hydrogens is 434 g/mol. The summed E-state index contributed by atoms with van der Waals surface area (Å²) in [7, 11) is -3.96. The van der Waals surface area contributed by atoms with Crippen LogP contribution in [-0.2, 0) is 27.8 Å². The van der Waals surface area contributed by atoms with Crippen molar-refractivity contribution in [2.24, 2.45) is 0 Å². The summed E-state index contributed by atoms with van der Waals surface area (Å²) in [6, 6.07) is 22.0. The minimum atomic E-state index is -3.96. The first-order chi connectivity index (χ1) is 15.8. The first kappa shape index (κ1) is 21.5. The van der Waals surface area contributed by atoms with Gasteiger partial charge in [-0.15, -0.1) is 0 Å². The molecule has 3 aromatic carbocycles. The summed E-state index contributed by atoms with van der Waals surface area (Å²) < 4.78 is 33.8. The third-order valence-corrected chi connectivity index (χ3v) is 8.36. The smallest absolute Gasteiger partial charge is 0.267 e. The Labute approximate surface area is 194 Å². The van der Waals surface area contributed by atoms with Gasteiger partial charge in [-0.3, -0.25) is 4.79 Å². The number of amides is 1. The number of sulfonamides is 1. The van der Waals surface area contributed by atoms with Crippen LogP contribution in [0.25, 0.3) is 0 Å². The molecule has 0 N–H and O–H groups in total. The van der Waals surface area contributed by atoms with Crippen molar-refractivity contribution in [3.63, 3.8) is 0 Å². The monoisotopic (exact) mass is 459 g/mol. The first-order valence-electron chi connectivity index (χ1n) is 11.0. The van der Waals surface area contributed by atoms with E-state index in [-0.39, 0.29) is 10.8 Å². The molecule has 2 aliphatic rings. The Hall–Kier alpha value is -3.38. The molecule has 6 heteroatoms. The van der Waals surface area contributed by atoms with Gasteiger partial charge in [0.1, 0.15) is 12.4 Å². The molecule has 0 radical (unpaired) electrons. The van der Waals surface area contributed by atoms with Crippen LogP contribution in [-0.4, -0.2) is 24.7 Å². The minimum Gasteiger partial charge on any atom is -0.489 e. The highest BCUT2D eigenvalue weighted by atomic mass is 32.2. The summed E-state index contributed by atoms with van der Waals surface area (Å²) in [5.74, 6) is 0.0000774. The summed E-state index contributed by atoms with van der Waals surface area (Å²) in [4.78, 5) is 13.4. The molecule has 33 heavy (non-hydrogen) atoms. The maximum atomic E-state index is 13.4. The molecule has 1 aliphatic carbocycles. The number of hydrogen-bond acceptors (Lipinski definition) is 4. The minimum absolute atomic E-state index is 0.128. The van der Waals surface area contributed by atoms with Crippen LogP contribution >= 0.6 is 0 Å². The summed E-state index contributed by atoms with van der Waals surface area (Å²) >= 11 is 0. The van der Waals surface area contributed by atoms with Crippen molar-refractivity contribution < 1.29 is 17.9 Å².